The molecule has 0 aliphatic heterocycles. The fourth-order valence-corrected chi connectivity index (χ4v) is 2.79. The quantitative estimate of drug-likeness (QED) is 0.725. The first-order valence-corrected chi connectivity index (χ1v) is 9.63. The van der Waals surface area contributed by atoms with Crippen molar-refractivity contribution in [3.8, 4) is 0 Å². The van der Waals surface area contributed by atoms with Gasteiger partial charge < -0.3 is 9.47 Å². The largest absolute Gasteiger partial charge is 0.382 e. The van der Waals surface area contributed by atoms with Gasteiger partial charge in [0.15, 0.2) is 0 Å². The highest BCUT2D eigenvalue weighted by molar-refractivity contribution is 6.88. The molecule has 96 valence electrons. The summed E-state index contributed by atoms with van der Waals surface area (Å²) < 4.78 is 10.7. The zero-order valence-electron chi connectivity index (χ0n) is 11.6. The first-order chi connectivity index (χ1) is 7.93. The molecule has 1 aromatic rings. The highest BCUT2D eigenvalue weighted by atomic mass is 28.3. The van der Waals surface area contributed by atoms with Crippen molar-refractivity contribution in [2.75, 3.05) is 13.7 Å². The predicted molar refractivity (Wildman–Crippen MR) is 75.5 cm³/mol. The van der Waals surface area contributed by atoms with E-state index in [1.54, 1.807) is 7.11 Å². The van der Waals surface area contributed by atoms with Crippen molar-refractivity contribution in [2.45, 2.75) is 39.3 Å². The van der Waals surface area contributed by atoms with E-state index in [0.29, 0.717) is 13.2 Å². The molecule has 1 aromatic carbocycles. The summed E-state index contributed by atoms with van der Waals surface area (Å²) in [7, 11) is 0.523. The van der Waals surface area contributed by atoms with Crippen LogP contribution in [-0.4, -0.2) is 27.9 Å². The second-order valence-corrected chi connectivity index (χ2v) is 10.6. The molecule has 0 radical (unpaired) electrons. The van der Waals surface area contributed by atoms with Crippen molar-refractivity contribution in [3.05, 3.63) is 29.8 Å². The number of hydrogen-bond acceptors (Lipinski definition) is 2. The molecule has 2 nitrogen and oxygen atoms in total. The molecule has 1 unspecified atom stereocenters. The monoisotopic (exact) mass is 252 g/mol. The van der Waals surface area contributed by atoms with Crippen molar-refractivity contribution in [1.29, 1.82) is 0 Å². The van der Waals surface area contributed by atoms with Crippen LogP contribution in [-0.2, 0) is 16.1 Å². The lowest BCUT2D eigenvalue weighted by atomic mass is 10.2. The molecule has 0 saturated heterocycles. The number of hydrogen-bond donors (Lipinski definition) is 0. The van der Waals surface area contributed by atoms with Crippen molar-refractivity contribution < 1.29 is 9.47 Å². The van der Waals surface area contributed by atoms with Crippen LogP contribution in [0.1, 0.15) is 12.5 Å². The molecule has 0 spiro atoms. The molecular formula is C14H24O2Si. The molecule has 0 aliphatic rings. The molecule has 1 rings (SSSR count). The Bertz CT molecular complexity index is 327. The second-order valence-electron chi connectivity index (χ2n) is 5.52. The average Bonchev–Trinajstić information content (AvgIpc) is 2.26. The van der Waals surface area contributed by atoms with Crippen molar-refractivity contribution in [2.24, 2.45) is 0 Å². The van der Waals surface area contributed by atoms with Gasteiger partial charge in [0.05, 0.1) is 27.4 Å². The smallest absolute Gasteiger partial charge is 0.0784 e. The van der Waals surface area contributed by atoms with Crippen LogP contribution in [0.5, 0.6) is 0 Å². The molecule has 1 atom stereocenters. The first-order valence-electron chi connectivity index (χ1n) is 6.13. The maximum Gasteiger partial charge on any atom is 0.0784 e. The van der Waals surface area contributed by atoms with Crippen LogP contribution in [0.15, 0.2) is 24.3 Å². The van der Waals surface area contributed by atoms with Gasteiger partial charge in [-0.25, -0.2) is 0 Å². The van der Waals surface area contributed by atoms with Gasteiger partial charge in [0, 0.05) is 7.11 Å². The lowest BCUT2D eigenvalue weighted by Gasteiger charge is -2.17. The lowest BCUT2D eigenvalue weighted by molar-refractivity contribution is -0.000119. The Morgan fingerprint density at radius 3 is 2.18 bits per heavy atom. The number of benzene rings is 1. The molecule has 0 aliphatic carbocycles. The molecule has 3 heteroatoms. The minimum absolute atomic E-state index is 0.150. The van der Waals surface area contributed by atoms with E-state index in [9.17, 15) is 0 Å². The van der Waals surface area contributed by atoms with E-state index in [0.717, 1.165) is 0 Å². The maximum atomic E-state index is 5.68. The Hall–Kier alpha value is -0.643. The molecule has 0 aromatic heterocycles. The summed E-state index contributed by atoms with van der Waals surface area (Å²) in [6.07, 6.45) is 0.150. The molecule has 0 saturated carbocycles. The van der Waals surface area contributed by atoms with Crippen LogP contribution in [0.2, 0.25) is 19.6 Å². The van der Waals surface area contributed by atoms with Crippen LogP contribution >= 0.6 is 0 Å². The summed E-state index contributed by atoms with van der Waals surface area (Å²) in [5.74, 6) is 0. The van der Waals surface area contributed by atoms with Crippen LogP contribution < -0.4 is 5.19 Å². The van der Waals surface area contributed by atoms with Gasteiger partial charge in [-0.15, -0.1) is 0 Å². The predicted octanol–water partition coefficient (Wildman–Crippen LogP) is 2.78. The Balaban J connectivity index is 2.51. The molecule has 0 bridgehead atoms. The Morgan fingerprint density at radius 2 is 1.71 bits per heavy atom. The Morgan fingerprint density at radius 1 is 1.12 bits per heavy atom. The highest BCUT2D eigenvalue weighted by Crippen LogP contribution is 2.06. The van der Waals surface area contributed by atoms with E-state index in [4.69, 9.17) is 9.47 Å². The zero-order valence-corrected chi connectivity index (χ0v) is 12.6. The third kappa shape index (κ3) is 5.02. The molecule has 0 heterocycles. The molecule has 17 heavy (non-hydrogen) atoms. The van der Waals surface area contributed by atoms with E-state index < -0.39 is 8.07 Å². The topological polar surface area (TPSA) is 18.5 Å². The molecule has 0 N–H and O–H groups in total. The van der Waals surface area contributed by atoms with E-state index in [1.165, 1.54) is 10.8 Å². The van der Waals surface area contributed by atoms with Gasteiger partial charge in [-0.05, 0) is 12.5 Å². The van der Waals surface area contributed by atoms with E-state index >= 15 is 0 Å². The lowest BCUT2D eigenvalue weighted by Crippen LogP contribution is -2.37. The Kier molecular flexibility index (Phi) is 5.37. The van der Waals surface area contributed by atoms with Gasteiger partial charge in [0.1, 0.15) is 0 Å². The van der Waals surface area contributed by atoms with Crippen LogP contribution in [0.3, 0.4) is 0 Å². The maximum absolute atomic E-state index is 5.68. The first kappa shape index (κ1) is 14.4. The SMILES string of the molecule is COCC(C)OCc1ccc([Si](C)(C)C)cc1. The van der Waals surface area contributed by atoms with Crippen molar-refractivity contribution >= 4 is 13.3 Å². The number of methoxy groups -OCH3 is 1. The standard InChI is InChI=1S/C14H24O2Si/c1-12(10-15-2)16-11-13-6-8-14(9-7-13)17(3,4)5/h6-9,12H,10-11H2,1-5H3. The minimum atomic E-state index is -1.17. The van der Waals surface area contributed by atoms with E-state index in [2.05, 4.69) is 43.9 Å². The molecule has 0 amide bonds. The highest BCUT2D eigenvalue weighted by Gasteiger charge is 2.15. The third-order valence-electron chi connectivity index (χ3n) is 2.76. The molecule has 0 fully saturated rings. The summed E-state index contributed by atoms with van der Waals surface area (Å²) in [5, 5.41) is 1.49. The second kappa shape index (κ2) is 6.33. The Labute approximate surface area is 106 Å². The normalized spacial score (nSPS) is 13.7. The van der Waals surface area contributed by atoms with Gasteiger partial charge in [-0.3, -0.25) is 0 Å². The fourth-order valence-electron chi connectivity index (χ4n) is 1.62. The van der Waals surface area contributed by atoms with Crippen LogP contribution in [0.25, 0.3) is 0 Å². The van der Waals surface area contributed by atoms with Crippen molar-refractivity contribution in [1.82, 2.24) is 0 Å². The van der Waals surface area contributed by atoms with Gasteiger partial charge in [-0.2, -0.15) is 0 Å². The van der Waals surface area contributed by atoms with Crippen LogP contribution in [0.4, 0.5) is 0 Å². The number of rotatable bonds is 6. The van der Waals surface area contributed by atoms with Gasteiger partial charge in [-0.1, -0.05) is 49.1 Å². The summed E-state index contributed by atoms with van der Waals surface area (Å²) in [6.45, 7) is 10.4. The summed E-state index contributed by atoms with van der Waals surface area (Å²) in [5.41, 5.74) is 1.23. The number of ether oxygens (including phenoxy) is 2. The zero-order chi connectivity index (χ0) is 12.9. The van der Waals surface area contributed by atoms with Crippen molar-refractivity contribution in [3.63, 3.8) is 0 Å². The van der Waals surface area contributed by atoms with E-state index in [1.807, 2.05) is 6.92 Å². The third-order valence-corrected chi connectivity index (χ3v) is 4.82. The van der Waals surface area contributed by atoms with Gasteiger partial charge >= 0.3 is 0 Å². The fraction of sp³-hybridized carbons (Fsp3) is 0.571. The summed E-state index contributed by atoms with van der Waals surface area (Å²) in [6, 6.07) is 8.83. The van der Waals surface area contributed by atoms with Crippen LogP contribution in [0, 0.1) is 0 Å². The van der Waals surface area contributed by atoms with E-state index in [-0.39, 0.29) is 6.10 Å². The average molecular weight is 252 g/mol. The summed E-state index contributed by atoms with van der Waals surface area (Å²) >= 11 is 0. The van der Waals surface area contributed by atoms with Gasteiger partial charge in [0.25, 0.3) is 0 Å². The molecular weight excluding hydrogens is 228 g/mol. The minimum Gasteiger partial charge on any atom is -0.382 e. The summed E-state index contributed by atoms with van der Waals surface area (Å²) in [4.78, 5) is 0. The van der Waals surface area contributed by atoms with Gasteiger partial charge in [0.2, 0.25) is 0 Å².